The smallest absolute Gasteiger partial charge is 0.344 e. The van der Waals surface area contributed by atoms with E-state index in [-0.39, 0.29) is 10.7 Å². The summed E-state index contributed by atoms with van der Waals surface area (Å²) in [5.41, 5.74) is 2.09. The fourth-order valence-corrected chi connectivity index (χ4v) is 2.62. The molecular formula is C19H19F3N2O3. The molecule has 0 bridgehead atoms. The van der Waals surface area contributed by atoms with Gasteiger partial charge in [-0.3, -0.25) is 19.3 Å². The Morgan fingerprint density at radius 3 is 2.15 bits per heavy atom. The lowest BCUT2D eigenvalue weighted by Crippen LogP contribution is -2.43. The molecule has 0 aliphatic carbocycles. The topological polar surface area (TPSA) is 59.4 Å². The lowest BCUT2D eigenvalue weighted by Gasteiger charge is -2.20. The Bertz CT molecular complexity index is 867. The maximum absolute atomic E-state index is 12.6. The summed E-state index contributed by atoms with van der Waals surface area (Å²) in [6.45, 7) is 1.16. The Kier molecular flexibility index (Phi) is 5.88. The van der Waals surface area contributed by atoms with Crippen LogP contribution in [0.2, 0.25) is 0 Å². The van der Waals surface area contributed by atoms with E-state index in [9.17, 15) is 27.6 Å². The van der Waals surface area contributed by atoms with E-state index in [4.69, 9.17) is 0 Å². The van der Waals surface area contributed by atoms with E-state index in [1.807, 2.05) is 6.92 Å². The molecule has 2 aromatic rings. The molecule has 0 saturated carbocycles. The molecule has 0 unspecified atom stereocenters. The van der Waals surface area contributed by atoms with E-state index in [0.29, 0.717) is 17.0 Å². The van der Waals surface area contributed by atoms with Gasteiger partial charge in [-0.25, -0.2) is 0 Å². The number of hydrogen-bond acceptors (Lipinski definition) is 3. The second-order valence-corrected chi connectivity index (χ2v) is 6.25. The molecule has 8 heteroatoms. The largest absolute Gasteiger partial charge is 0.406 e. The number of halogens is 3. The first-order valence-corrected chi connectivity index (χ1v) is 8.13. The molecule has 5 nitrogen and oxygen atoms in total. The summed E-state index contributed by atoms with van der Waals surface area (Å²) in [6.07, 6.45) is -5.10. The van der Waals surface area contributed by atoms with Gasteiger partial charge in [-0.1, -0.05) is 29.8 Å². The third-order valence-electron chi connectivity index (χ3n) is 4.12. The van der Waals surface area contributed by atoms with E-state index in [2.05, 4.69) is 0 Å². The zero-order chi connectivity index (χ0) is 20.4. The minimum absolute atomic E-state index is 0.161. The van der Waals surface area contributed by atoms with Gasteiger partial charge in [0, 0.05) is 25.2 Å². The van der Waals surface area contributed by atoms with Gasteiger partial charge in [0.05, 0.1) is 12.1 Å². The van der Waals surface area contributed by atoms with Crippen LogP contribution in [-0.2, 0) is 23.1 Å². The van der Waals surface area contributed by atoms with Crippen molar-refractivity contribution < 1.29 is 27.6 Å². The number of amides is 2. The highest BCUT2D eigenvalue weighted by atomic mass is 19.4. The maximum atomic E-state index is 12.6. The highest BCUT2D eigenvalue weighted by Crippen LogP contribution is 2.19. The molecule has 0 radical (unpaired) electrons. The van der Waals surface area contributed by atoms with E-state index in [1.165, 1.54) is 16.7 Å². The van der Waals surface area contributed by atoms with Crippen LogP contribution < -0.4 is 0 Å². The predicted molar refractivity (Wildman–Crippen MR) is 92.2 cm³/mol. The number of aryl methyl sites for hydroxylation is 1. The van der Waals surface area contributed by atoms with Crippen LogP contribution in [0.15, 0.2) is 36.4 Å². The van der Waals surface area contributed by atoms with Crippen molar-refractivity contribution in [2.75, 3.05) is 6.54 Å². The monoisotopic (exact) mass is 380 g/mol. The lowest BCUT2D eigenvalue weighted by molar-refractivity contribution is -0.169. The van der Waals surface area contributed by atoms with Gasteiger partial charge in [0.15, 0.2) is 0 Å². The number of ketones is 1. The Balaban J connectivity index is 2.21. The number of hydrogen-bond donors (Lipinski definition) is 0. The van der Waals surface area contributed by atoms with Crippen molar-refractivity contribution in [2.24, 2.45) is 7.05 Å². The van der Waals surface area contributed by atoms with Crippen LogP contribution in [0.4, 0.5) is 13.2 Å². The van der Waals surface area contributed by atoms with Crippen molar-refractivity contribution in [3.8, 4) is 0 Å². The first-order valence-electron chi connectivity index (χ1n) is 8.13. The second kappa shape index (κ2) is 7.77. The zero-order valence-corrected chi connectivity index (χ0v) is 15.1. The Morgan fingerprint density at radius 1 is 1.04 bits per heavy atom. The molecule has 144 valence electrons. The summed E-state index contributed by atoms with van der Waals surface area (Å²) in [7, 11) is 1.55. The summed E-state index contributed by atoms with van der Waals surface area (Å²) in [5.74, 6) is -2.23. The molecular weight excluding hydrogens is 361 g/mol. The molecule has 0 spiro atoms. The van der Waals surface area contributed by atoms with Gasteiger partial charge in [0.2, 0.25) is 17.6 Å². The number of nitrogens with zero attached hydrogens (tertiary/aromatic N) is 2. The molecule has 0 saturated heterocycles. The zero-order valence-electron chi connectivity index (χ0n) is 15.1. The normalized spacial score (nSPS) is 11.3. The summed E-state index contributed by atoms with van der Waals surface area (Å²) < 4.78 is 39.2. The number of benzene rings is 1. The first kappa shape index (κ1) is 20.4. The number of aromatic nitrogens is 1. The van der Waals surface area contributed by atoms with Crippen LogP contribution in [0.3, 0.4) is 0 Å². The quantitative estimate of drug-likeness (QED) is 0.749. The lowest BCUT2D eigenvalue weighted by atomic mass is 10.1. The minimum Gasteiger partial charge on any atom is -0.344 e. The number of imide groups is 1. The number of carbonyl (C=O) groups excluding carboxylic acids is 3. The van der Waals surface area contributed by atoms with Crippen molar-refractivity contribution in [3.63, 3.8) is 0 Å². The molecule has 0 N–H and O–H groups in total. The van der Waals surface area contributed by atoms with Gasteiger partial charge >= 0.3 is 6.18 Å². The Morgan fingerprint density at radius 2 is 1.63 bits per heavy atom. The van der Waals surface area contributed by atoms with Gasteiger partial charge in [-0.2, -0.15) is 13.2 Å². The van der Waals surface area contributed by atoms with Gasteiger partial charge in [0.25, 0.3) is 0 Å². The maximum Gasteiger partial charge on any atom is 0.406 e. The molecule has 1 heterocycles. The van der Waals surface area contributed by atoms with Crippen LogP contribution in [0, 0.1) is 6.92 Å². The summed E-state index contributed by atoms with van der Waals surface area (Å²) in [5, 5.41) is 0. The van der Waals surface area contributed by atoms with Crippen molar-refractivity contribution in [1.82, 2.24) is 9.47 Å². The van der Waals surface area contributed by atoms with Crippen molar-refractivity contribution in [3.05, 3.63) is 58.9 Å². The van der Waals surface area contributed by atoms with Crippen LogP contribution in [0.5, 0.6) is 0 Å². The van der Waals surface area contributed by atoms with Crippen LogP contribution in [0.1, 0.15) is 34.2 Å². The van der Waals surface area contributed by atoms with Crippen molar-refractivity contribution >= 4 is 17.6 Å². The fourth-order valence-electron chi connectivity index (χ4n) is 2.62. The van der Waals surface area contributed by atoms with Gasteiger partial charge in [-0.05, 0) is 19.1 Å². The van der Waals surface area contributed by atoms with Crippen LogP contribution >= 0.6 is 0 Å². The highest BCUT2D eigenvalue weighted by Gasteiger charge is 2.35. The molecule has 0 fully saturated rings. The molecule has 1 aromatic heterocycles. The standard InChI is InChI=1S/C19H19F3N2O3/c1-12-4-6-14(7-5-12)18(27)16-9-8-15(23(16)3)10-17(26)24(13(2)25)11-19(20,21)22/h4-9H,10-11H2,1-3H3. The number of alkyl halides is 3. The molecule has 0 aliphatic heterocycles. The molecule has 2 amide bonds. The van der Waals surface area contributed by atoms with Gasteiger partial charge < -0.3 is 4.57 Å². The van der Waals surface area contributed by atoms with E-state index in [0.717, 1.165) is 12.5 Å². The van der Waals surface area contributed by atoms with E-state index in [1.54, 1.807) is 31.3 Å². The molecule has 0 aliphatic rings. The number of rotatable bonds is 5. The summed E-state index contributed by atoms with van der Waals surface area (Å²) in [4.78, 5) is 36.3. The third-order valence-corrected chi connectivity index (χ3v) is 4.12. The molecule has 1 aromatic carbocycles. The molecule has 0 atom stereocenters. The average Bonchev–Trinajstić information content (AvgIpc) is 2.92. The first-order chi connectivity index (χ1) is 12.5. The van der Waals surface area contributed by atoms with Crippen LogP contribution in [0.25, 0.3) is 0 Å². The average molecular weight is 380 g/mol. The molecule has 2 rings (SSSR count). The second-order valence-electron chi connectivity index (χ2n) is 6.25. The predicted octanol–water partition coefficient (Wildman–Crippen LogP) is 3.04. The fraction of sp³-hybridized carbons (Fsp3) is 0.316. The minimum atomic E-state index is -4.68. The molecule has 27 heavy (non-hydrogen) atoms. The summed E-state index contributed by atoms with van der Waals surface area (Å²) >= 11 is 0. The summed E-state index contributed by atoms with van der Waals surface area (Å²) in [6, 6.07) is 9.94. The van der Waals surface area contributed by atoms with Gasteiger partial charge in [0.1, 0.15) is 6.54 Å². The highest BCUT2D eigenvalue weighted by molar-refractivity contribution is 6.08. The number of carbonyl (C=O) groups is 3. The SMILES string of the molecule is CC(=O)N(CC(F)(F)F)C(=O)Cc1ccc(C(=O)c2ccc(C)cc2)n1C. The van der Waals surface area contributed by atoms with Crippen LogP contribution in [-0.4, -0.2) is 39.8 Å². The Labute approximate surface area is 154 Å². The third kappa shape index (κ3) is 5.06. The van der Waals surface area contributed by atoms with E-state index < -0.39 is 31.0 Å². The Hall–Kier alpha value is -2.90. The van der Waals surface area contributed by atoms with Crippen molar-refractivity contribution in [2.45, 2.75) is 26.4 Å². The van der Waals surface area contributed by atoms with Gasteiger partial charge in [-0.15, -0.1) is 0 Å². The van der Waals surface area contributed by atoms with E-state index >= 15 is 0 Å². The van der Waals surface area contributed by atoms with Crippen molar-refractivity contribution in [1.29, 1.82) is 0 Å².